The Morgan fingerprint density at radius 2 is 1.23 bits per heavy atom. The normalized spacial score (nSPS) is 13.8. The average Bonchev–Trinajstić information content (AvgIpc) is 1.82. The van der Waals surface area contributed by atoms with Crippen molar-refractivity contribution in [3.63, 3.8) is 0 Å². The molecule has 0 heterocycles. The molecule has 0 radical (unpaired) electrons. The van der Waals surface area contributed by atoms with E-state index >= 15 is 0 Å². The summed E-state index contributed by atoms with van der Waals surface area (Å²) in [5.74, 6) is 0. The predicted molar refractivity (Wildman–Crippen MR) is 68.5 cm³/mol. The molecule has 1 nitrogen and oxygen atoms in total. The monoisotopic (exact) mass is 217 g/mol. The van der Waals surface area contributed by atoms with Gasteiger partial charge in [-0.3, -0.25) is 0 Å². The quantitative estimate of drug-likeness (QED) is 0.653. The number of hydrogen-bond acceptors (Lipinski definition) is 1. The second kappa shape index (κ2) is 4.76. The topological polar surface area (TPSA) is 3.24 Å². The molecule has 0 aromatic heterocycles. The van der Waals surface area contributed by atoms with Crippen LogP contribution in [0.4, 0.5) is 0 Å². The summed E-state index contributed by atoms with van der Waals surface area (Å²) in [6.07, 6.45) is 0. The fraction of sp³-hybridized carbons (Fsp3) is 1.00. The van der Waals surface area contributed by atoms with Crippen molar-refractivity contribution < 1.29 is 0 Å². The van der Waals surface area contributed by atoms with E-state index < -0.39 is 17.2 Å². The van der Waals surface area contributed by atoms with Gasteiger partial charge in [-0.15, -0.1) is 0 Å². The number of nitrogens with zero attached hydrogens (tertiary/aromatic N) is 1. The molecule has 3 heteroatoms. The summed E-state index contributed by atoms with van der Waals surface area (Å²) >= 11 is 0. The zero-order valence-electron chi connectivity index (χ0n) is 10.7. The molecule has 0 aliphatic rings. The molecule has 13 heavy (non-hydrogen) atoms. The first-order valence-corrected chi connectivity index (χ1v) is 10.7. The number of hydrogen-bond donors (Lipinski definition) is 0. The highest BCUT2D eigenvalue weighted by molar-refractivity contribution is 6.83. The highest BCUT2D eigenvalue weighted by Gasteiger charge is 2.31. The van der Waals surface area contributed by atoms with Crippen LogP contribution in [-0.4, -0.2) is 28.5 Å². The van der Waals surface area contributed by atoms with E-state index in [9.17, 15) is 0 Å². The summed E-state index contributed by atoms with van der Waals surface area (Å²) in [7, 11) is 0.606. The van der Waals surface area contributed by atoms with Crippen LogP contribution in [0.25, 0.3) is 0 Å². The van der Waals surface area contributed by atoms with Crippen molar-refractivity contribution in [2.24, 2.45) is 0 Å². The van der Waals surface area contributed by atoms with Crippen LogP contribution < -0.4 is 0 Å². The van der Waals surface area contributed by atoms with Gasteiger partial charge in [0.25, 0.3) is 0 Å². The van der Waals surface area contributed by atoms with Gasteiger partial charge >= 0.3 is 0 Å². The van der Waals surface area contributed by atoms with Crippen molar-refractivity contribution in [3.8, 4) is 0 Å². The zero-order valence-corrected chi connectivity index (χ0v) is 12.8. The zero-order chi connectivity index (χ0) is 10.8. The Morgan fingerprint density at radius 1 is 0.923 bits per heavy atom. The summed E-state index contributed by atoms with van der Waals surface area (Å²) in [6.45, 7) is 17.0. The summed E-state index contributed by atoms with van der Waals surface area (Å²) in [5.41, 5.74) is 1.80. The highest BCUT2D eigenvalue weighted by atomic mass is 28.4. The lowest BCUT2D eigenvalue weighted by Gasteiger charge is -2.41. The number of rotatable bonds is 4. The minimum absolute atomic E-state index is 0.704. The van der Waals surface area contributed by atoms with Crippen LogP contribution >= 0.6 is 0 Å². The summed E-state index contributed by atoms with van der Waals surface area (Å²) < 4.78 is 2.78. The van der Waals surface area contributed by atoms with E-state index in [0.717, 1.165) is 11.1 Å². The molecule has 0 amide bonds. The van der Waals surface area contributed by atoms with Crippen LogP contribution in [0, 0.1) is 0 Å². The maximum Gasteiger partial charge on any atom is 0.112 e. The van der Waals surface area contributed by atoms with E-state index in [2.05, 4.69) is 58.6 Å². The molecule has 0 aromatic rings. The maximum absolute atomic E-state index is 2.78. The van der Waals surface area contributed by atoms with Crippen molar-refractivity contribution in [2.45, 2.75) is 58.4 Å². The molecular formula is C10H27NSi2. The van der Waals surface area contributed by atoms with E-state index in [0.29, 0.717) is 0 Å². The standard InChI is InChI=1S/C10H27NSi2/c1-9(2)12(10(3)4)11(5)13(6,7)8/h9-10,12H,1-8H3. The smallest absolute Gasteiger partial charge is 0.112 e. The Hall–Kier alpha value is 0.394. The van der Waals surface area contributed by atoms with Gasteiger partial charge in [0.05, 0.1) is 0 Å². The molecule has 0 fully saturated rings. The second-order valence-electron chi connectivity index (χ2n) is 5.76. The Labute approximate surface area is 87.3 Å². The van der Waals surface area contributed by atoms with Crippen LogP contribution in [0.1, 0.15) is 27.7 Å². The van der Waals surface area contributed by atoms with Crippen LogP contribution in [0.15, 0.2) is 0 Å². The summed E-state index contributed by atoms with van der Waals surface area (Å²) in [6, 6.07) is 0. The minimum Gasteiger partial charge on any atom is -0.350 e. The largest absolute Gasteiger partial charge is 0.350 e. The van der Waals surface area contributed by atoms with Gasteiger partial charge in [-0.25, -0.2) is 0 Å². The lowest BCUT2D eigenvalue weighted by atomic mass is 10.5. The fourth-order valence-electron chi connectivity index (χ4n) is 2.11. The van der Waals surface area contributed by atoms with Crippen molar-refractivity contribution in [2.75, 3.05) is 7.05 Å². The van der Waals surface area contributed by atoms with Crippen LogP contribution in [0.2, 0.25) is 30.7 Å². The van der Waals surface area contributed by atoms with Gasteiger partial charge in [0.1, 0.15) is 17.2 Å². The minimum atomic E-state index is -1.05. The van der Waals surface area contributed by atoms with E-state index in [1.54, 1.807) is 0 Å². The highest BCUT2D eigenvalue weighted by Crippen LogP contribution is 2.25. The average molecular weight is 218 g/mol. The Balaban J connectivity index is 4.56. The predicted octanol–water partition coefficient (Wildman–Crippen LogP) is 3.30. The third-order valence-corrected chi connectivity index (χ3v) is 11.8. The Kier molecular flexibility index (Phi) is 4.90. The first-order chi connectivity index (χ1) is 5.68. The second-order valence-corrected chi connectivity index (χ2v) is 15.7. The SMILES string of the molecule is CC(C)[SiH](C(C)C)N(C)[Si](C)(C)C. The van der Waals surface area contributed by atoms with Gasteiger partial charge in [0.2, 0.25) is 0 Å². The Morgan fingerprint density at radius 3 is 1.31 bits per heavy atom. The molecule has 0 saturated carbocycles. The Bertz CT molecular complexity index is 141. The molecule has 0 saturated heterocycles. The molecule has 0 unspecified atom stereocenters. The molecule has 0 aliphatic heterocycles. The van der Waals surface area contributed by atoms with Gasteiger partial charge < -0.3 is 4.23 Å². The lowest BCUT2D eigenvalue weighted by Crippen LogP contribution is -2.54. The van der Waals surface area contributed by atoms with Crippen LogP contribution in [0.5, 0.6) is 0 Å². The lowest BCUT2D eigenvalue weighted by molar-refractivity contribution is 0.707. The van der Waals surface area contributed by atoms with Crippen molar-refractivity contribution in [3.05, 3.63) is 0 Å². The third kappa shape index (κ3) is 3.96. The molecule has 0 N–H and O–H groups in total. The molecule has 80 valence electrons. The first-order valence-electron chi connectivity index (χ1n) is 5.41. The first kappa shape index (κ1) is 13.4. The van der Waals surface area contributed by atoms with Gasteiger partial charge in [-0.05, 0) is 18.1 Å². The van der Waals surface area contributed by atoms with E-state index in [1.165, 1.54) is 0 Å². The molecular weight excluding hydrogens is 190 g/mol. The fourth-order valence-corrected chi connectivity index (χ4v) is 10.8. The third-order valence-electron chi connectivity index (χ3n) is 2.87. The van der Waals surface area contributed by atoms with Gasteiger partial charge in [0.15, 0.2) is 0 Å². The van der Waals surface area contributed by atoms with E-state index in [-0.39, 0.29) is 0 Å². The van der Waals surface area contributed by atoms with E-state index in [1.807, 2.05) is 0 Å². The maximum atomic E-state index is 2.78. The van der Waals surface area contributed by atoms with Gasteiger partial charge in [0, 0.05) is 0 Å². The van der Waals surface area contributed by atoms with Crippen molar-refractivity contribution >= 4 is 17.2 Å². The van der Waals surface area contributed by atoms with Gasteiger partial charge in [-0.2, -0.15) is 0 Å². The molecule has 0 atom stereocenters. The molecule has 0 aromatic carbocycles. The van der Waals surface area contributed by atoms with Crippen LogP contribution in [-0.2, 0) is 0 Å². The molecule has 0 spiro atoms. The van der Waals surface area contributed by atoms with Crippen LogP contribution in [0.3, 0.4) is 0 Å². The van der Waals surface area contributed by atoms with Gasteiger partial charge in [-0.1, -0.05) is 47.3 Å². The van der Waals surface area contributed by atoms with E-state index in [4.69, 9.17) is 0 Å². The molecule has 0 aliphatic carbocycles. The molecule has 0 bridgehead atoms. The summed E-state index contributed by atoms with van der Waals surface area (Å²) in [5, 5.41) is 0. The van der Waals surface area contributed by atoms with Crippen molar-refractivity contribution in [1.29, 1.82) is 0 Å². The summed E-state index contributed by atoms with van der Waals surface area (Å²) in [4.78, 5) is 0. The van der Waals surface area contributed by atoms with Crippen molar-refractivity contribution in [1.82, 2.24) is 4.23 Å². The molecule has 0 rings (SSSR count).